The number of allylic oxidation sites excluding steroid dienone is 23. The highest BCUT2D eigenvalue weighted by molar-refractivity contribution is 5.41. The molecule has 0 saturated carbocycles. The lowest BCUT2D eigenvalue weighted by Gasteiger charge is -2.20. The molecule has 0 fully saturated rings. The molecule has 5 heteroatoms. The van der Waals surface area contributed by atoms with Gasteiger partial charge in [0.05, 0.1) is 19.9 Å². The van der Waals surface area contributed by atoms with Crippen LogP contribution in [0.4, 0.5) is 0 Å². The molecule has 3 heterocycles. The molecule has 0 aromatic rings. The zero-order valence-electron chi connectivity index (χ0n) is 28.4. The van der Waals surface area contributed by atoms with Crippen molar-refractivity contribution in [1.29, 1.82) is 0 Å². The average Bonchev–Trinajstić information content (AvgIpc) is 3.02. The molecule has 0 aromatic heterocycles. The fourth-order valence-corrected chi connectivity index (χ4v) is 4.57. The number of hydrogen-bond donors (Lipinski definition) is 0. The third-order valence-electron chi connectivity index (χ3n) is 6.90. The largest absolute Gasteiger partial charge is 0.497 e. The Balaban J connectivity index is 1.97. The standard InChI is InChI=1S/C41H47NO4/c1-31-15-10-9-11-17-35(5)41(44-8)29-38-20-19-36(6)40(46-38)21-23-42-22-13-12-18-37(42)30-45-24-14-16-32(2)26-34(4)28-39(43-7)27-33(3)25-31/h9-23,25-30H,24H2,1-8H3/b10-9+,16-14+,17-11+,23-21+,31-15+,32-26+,33-25-,34-28+,37-30+,38-29+,39-27+,41-35+. The minimum Gasteiger partial charge on any atom is -0.497 e. The molecule has 0 saturated heterocycles. The summed E-state index contributed by atoms with van der Waals surface area (Å²) in [6.07, 6.45) is 42.0. The second-order valence-electron chi connectivity index (χ2n) is 11.1. The van der Waals surface area contributed by atoms with Gasteiger partial charge in [0.2, 0.25) is 0 Å². The predicted molar refractivity (Wildman–Crippen MR) is 192 cm³/mol. The first-order valence-corrected chi connectivity index (χ1v) is 15.3. The summed E-state index contributed by atoms with van der Waals surface area (Å²) in [7, 11) is 3.36. The smallest absolute Gasteiger partial charge is 0.131 e. The molecular formula is C41H47NO4. The van der Waals surface area contributed by atoms with E-state index in [-0.39, 0.29) is 0 Å². The van der Waals surface area contributed by atoms with Gasteiger partial charge in [-0.05, 0) is 106 Å². The van der Waals surface area contributed by atoms with Gasteiger partial charge in [-0.2, -0.15) is 0 Å². The van der Waals surface area contributed by atoms with Gasteiger partial charge in [-0.15, -0.1) is 0 Å². The second kappa shape index (κ2) is 18.6. The highest BCUT2D eigenvalue weighted by atomic mass is 16.5. The van der Waals surface area contributed by atoms with Crippen molar-refractivity contribution in [3.8, 4) is 0 Å². The first kappa shape index (κ1) is 35.3. The van der Waals surface area contributed by atoms with Crippen LogP contribution in [-0.4, -0.2) is 25.7 Å². The van der Waals surface area contributed by atoms with Crippen molar-refractivity contribution in [2.75, 3.05) is 20.8 Å². The summed E-state index contributed by atoms with van der Waals surface area (Å²) in [6, 6.07) is 0. The third-order valence-corrected chi connectivity index (χ3v) is 6.90. The lowest BCUT2D eigenvalue weighted by Crippen LogP contribution is -2.10. The zero-order valence-corrected chi connectivity index (χ0v) is 28.4. The number of nitrogens with zero attached hydrogens (tertiary/aromatic N) is 1. The quantitative estimate of drug-likeness (QED) is 0.308. The third kappa shape index (κ3) is 12.1. The van der Waals surface area contributed by atoms with Gasteiger partial charge in [0.1, 0.15) is 35.9 Å². The minimum atomic E-state index is 0.443. The van der Waals surface area contributed by atoms with E-state index in [1.54, 1.807) is 20.5 Å². The van der Waals surface area contributed by atoms with E-state index < -0.39 is 0 Å². The summed E-state index contributed by atoms with van der Waals surface area (Å²) in [6.45, 7) is 12.8. The van der Waals surface area contributed by atoms with Crippen LogP contribution in [-0.2, 0) is 18.9 Å². The van der Waals surface area contributed by atoms with E-state index in [2.05, 4.69) is 52.0 Å². The van der Waals surface area contributed by atoms with Gasteiger partial charge in [-0.25, -0.2) is 0 Å². The van der Waals surface area contributed by atoms with E-state index in [0.29, 0.717) is 12.4 Å². The van der Waals surface area contributed by atoms with E-state index in [9.17, 15) is 0 Å². The molecule has 3 aliphatic heterocycles. The van der Waals surface area contributed by atoms with E-state index >= 15 is 0 Å². The summed E-state index contributed by atoms with van der Waals surface area (Å²) < 4.78 is 23.5. The Labute approximate surface area is 275 Å². The van der Waals surface area contributed by atoms with Crippen molar-refractivity contribution in [3.05, 3.63) is 190 Å². The summed E-state index contributed by atoms with van der Waals surface area (Å²) in [5, 5.41) is 0. The fourth-order valence-electron chi connectivity index (χ4n) is 4.57. The van der Waals surface area contributed by atoms with Gasteiger partial charge in [-0.3, -0.25) is 0 Å². The van der Waals surface area contributed by atoms with Gasteiger partial charge in [0.15, 0.2) is 0 Å². The normalized spacial score (nSPS) is 31.0. The van der Waals surface area contributed by atoms with Crippen molar-refractivity contribution in [1.82, 2.24) is 4.90 Å². The zero-order chi connectivity index (χ0) is 33.3. The van der Waals surface area contributed by atoms with Crippen LogP contribution in [0.3, 0.4) is 0 Å². The molecule has 3 rings (SSSR count). The highest BCUT2D eigenvalue weighted by Gasteiger charge is 2.11. The maximum atomic E-state index is 6.25. The molecular weight excluding hydrogens is 570 g/mol. The predicted octanol–water partition coefficient (Wildman–Crippen LogP) is 10.4. The molecule has 0 aromatic carbocycles. The van der Waals surface area contributed by atoms with Crippen molar-refractivity contribution in [2.45, 2.75) is 41.5 Å². The summed E-state index contributed by atoms with van der Waals surface area (Å²) in [5.41, 5.74) is 7.32. The second-order valence-corrected chi connectivity index (χ2v) is 11.1. The van der Waals surface area contributed by atoms with Gasteiger partial charge < -0.3 is 23.8 Å². The molecule has 0 aliphatic carbocycles. The van der Waals surface area contributed by atoms with Gasteiger partial charge >= 0.3 is 0 Å². The van der Waals surface area contributed by atoms with Crippen LogP contribution in [0.5, 0.6) is 0 Å². The van der Waals surface area contributed by atoms with E-state index in [4.69, 9.17) is 18.9 Å². The molecule has 0 radical (unpaired) electrons. The maximum Gasteiger partial charge on any atom is 0.131 e. The van der Waals surface area contributed by atoms with E-state index in [1.807, 2.05) is 116 Å². The van der Waals surface area contributed by atoms with Crippen LogP contribution >= 0.6 is 0 Å². The molecule has 0 unspecified atom stereocenters. The molecule has 240 valence electrons. The number of fused-ring (bicyclic) bond motifs is 3. The molecule has 2 bridgehead atoms. The number of hydrogen-bond acceptors (Lipinski definition) is 5. The monoisotopic (exact) mass is 617 g/mol. The van der Waals surface area contributed by atoms with Crippen LogP contribution in [0.2, 0.25) is 0 Å². The van der Waals surface area contributed by atoms with Crippen LogP contribution in [0.15, 0.2) is 190 Å². The molecule has 0 spiro atoms. The first-order valence-electron chi connectivity index (χ1n) is 15.3. The highest BCUT2D eigenvalue weighted by Crippen LogP contribution is 2.24. The summed E-state index contributed by atoms with van der Waals surface area (Å²) >= 11 is 0. The van der Waals surface area contributed by atoms with E-state index in [0.717, 1.165) is 56.4 Å². The van der Waals surface area contributed by atoms with Crippen LogP contribution in [0, 0.1) is 0 Å². The van der Waals surface area contributed by atoms with Crippen molar-refractivity contribution in [2.24, 2.45) is 0 Å². The van der Waals surface area contributed by atoms with Crippen molar-refractivity contribution >= 4 is 0 Å². The topological polar surface area (TPSA) is 40.2 Å². The van der Waals surface area contributed by atoms with Crippen molar-refractivity contribution in [3.63, 3.8) is 0 Å². The average molecular weight is 618 g/mol. The number of ether oxygens (including phenoxy) is 4. The molecule has 3 aliphatic rings. The van der Waals surface area contributed by atoms with Gasteiger partial charge in [0.25, 0.3) is 0 Å². The molecule has 0 amide bonds. The Morgan fingerprint density at radius 1 is 0.609 bits per heavy atom. The van der Waals surface area contributed by atoms with E-state index in [1.165, 1.54) is 0 Å². The van der Waals surface area contributed by atoms with Gasteiger partial charge in [-0.1, -0.05) is 71.9 Å². The molecule has 0 atom stereocenters. The minimum absolute atomic E-state index is 0.443. The Hall–Kier alpha value is -5.16. The number of methoxy groups -OCH3 is 2. The number of rotatable bonds is 2. The maximum absolute atomic E-state index is 6.25. The fraction of sp³-hybridized carbons (Fsp3) is 0.220. The SMILES string of the molecule is COC1=C/C(C)=C\C(C)=C\C=C\C=C\C(C)=C(OC)/C=C2\C=CC(C)=C(/C=C/N3C=CC=C/C3=C\OC\C=C\C(C)=C\C(C)=C\1)O2. The van der Waals surface area contributed by atoms with Crippen LogP contribution < -0.4 is 0 Å². The van der Waals surface area contributed by atoms with Crippen LogP contribution in [0.25, 0.3) is 0 Å². The molecule has 5 nitrogen and oxygen atoms in total. The van der Waals surface area contributed by atoms with Crippen LogP contribution in [0.1, 0.15) is 41.5 Å². The first-order chi connectivity index (χ1) is 22.2. The Morgan fingerprint density at radius 3 is 2.15 bits per heavy atom. The van der Waals surface area contributed by atoms with Crippen molar-refractivity contribution < 1.29 is 18.9 Å². The molecule has 46 heavy (non-hydrogen) atoms. The summed E-state index contributed by atoms with van der Waals surface area (Å²) in [5.74, 6) is 2.95. The lowest BCUT2D eigenvalue weighted by atomic mass is 10.1. The Kier molecular flexibility index (Phi) is 14.3. The summed E-state index contributed by atoms with van der Waals surface area (Å²) in [4.78, 5) is 1.99. The molecule has 0 N–H and O–H groups in total. The lowest BCUT2D eigenvalue weighted by molar-refractivity contribution is 0.280. The van der Waals surface area contributed by atoms with Gasteiger partial charge in [0, 0.05) is 18.5 Å². The Morgan fingerprint density at radius 2 is 1.37 bits per heavy atom. The Bertz CT molecular complexity index is 1610.